The van der Waals surface area contributed by atoms with Crippen molar-refractivity contribution in [2.75, 3.05) is 47.5 Å². The summed E-state index contributed by atoms with van der Waals surface area (Å²) >= 11 is 0. The quantitative estimate of drug-likeness (QED) is 0.0195. The molecule has 0 aliphatic heterocycles. The van der Waals surface area contributed by atoms with Crippen LogP contribution in [0.4, 0.5) is 0 Å². The van der Waals surface area contributed by atoms with Gasteiger partial charge in [0.05, 0.1) is 40.3 Å². The number of ether oxygens (including phenoxy) is 4. The van der Waals surface area contributed by atoms with E-state index in [1.54, 1.807) is 0 Å². The average molecular weight is 1250 g/mol. The number of quaternary nitrogens is 1. The van der Waals surface area contributed by atoms with Crippen LogP contribution in [-0.2, 0) is 33.3 Å². The Bertz CT molecular complexity index is 1650. The molecule has 89 heavy (non-hydrogen) atoms. The van der Waals surface area contributed by atoms with Crippen LogP contribution < -0.4 is 5.11 Å². The van der Waals surface area contributed by atoms with Crippen LogP contribution in [0.3, 0.4) is 0 Å². The van der Waals surface area contributed by atoms with Gasteiger partial charge in [-0.2, -0.15) is 0 Å². The van der Waals surface area contributed by atoms with Crippen molar-refractivity contribution in [3.8, 4) is 0 Å². The Morgan fingerprint density at radius 3 is 0.966 bits per heavy atom. The van der Waals surface area contributed by atoms with E-state index in [0.717, 1.165) is 70.6 Å². The number of hydrogen-bond donors (Lipinski definition) is 0. The van der Waals surface area contributed by atoms with Crippen molar-refractivity contribution in [1.82, 2.24) is 0 Å². The molecule has 9 nitrogen and oxygen atoms in total. The number of esters is 2. The predicted octanol–water partition coefficient (Wildman–Crippen LogP) is 22.9. The second kappa shape index (κ2) is 70.9. The summed E-state index contributed by atoms with van der Waals surface area (Å²) in [5.41, 5.74) is 0. The summed E-state index contributed by atoms with van der Waals surface area (Å²) in [7, 11) is 5.94. The van der Waals surface area contributed by atoms with E-state index in [1.165, 1.54) is 270 Å². The van der Waals surface area contributed by atoms with Crippen LogP contribution in [-0.4, -0.2) is 82.3 Å². The van der Waals surface area contributed by atoms with E-state index >= 15 is 0 Å². The number of unbranched alkanes of at least 4 members (excludes halogenated alkanes) is 47. The van der Waals surface area contributed by atoms with Gasteiger partial charge in [0.25, 0.3) is 0 Å². The number of nitrogens with zero attached hydrogens (tertiary/aromatic N) is 1. The number of carbonyl (C=O) groups excluding carboxylic acids is 3. The molecule has 0 radical (unpaired) electrons. The minimum absolute atomic E-state index is 0.147. The van der Waals surface area contributed by atoms with Crippen molar-refractivity contribution in [1.29, 1.82) is 0 Å². The molecule has 0 spiro atoms. The fraction of sp³-hybridized carbons (Fsp3) is 0.838. The molecule has 0 aromatic rings. The van der Waals surface area contributed by atoms with Gasteiger partial charge in [-0.15, -0.1) is 0 Å². The Morgan fingerprint density at radius 2 is 0.640 bits per heavy atom. The van der Waals surface area contributed by atoms with Gasteiger partial charge in [-0.1, -0.05) is 344 Å². The van der Waals surface area contributed by atoms with Gasteiger partial charge in [0.2, 0.25) is 0 Å². The van der Waals surface area contributed by atoms with Crippen molar-refractivity contribution in [3.63, 3.8) is 0 Å². The van der Waals surface area contributed by atoms with Crippen molar-refractivity contribution < 1.29 is 42.9 Å². The van der Waals surface area contributed by atoms with Gasteiger partial charge in [-0.05, 0) is 77.0 Å². The largest absolute Gasteiger partial charge is 0.545 e. The van der Waals surface area contributed by atoms with Crippen molar-refractivity contribution in [3.05, 3.63) is 60.8 Å². The van der Waals surface area contributed by atoms with E-state index in [1.807, 2.05) is 21.1 Å². The van der Waals surface area contributed by atoms with Crippen LogP contribution in [0, 0.1) is 0 Å². The molecule has 0 aromatic heterocycles. The maximum absolute atomic E-state index is 12.9. The molecule has 0 saturated carbocycles. The summed E-state index contributed by atoms with van der Waals surface area (Å²) < 4.78 is 22.8. The zero-order valence-corrected chi connectivity index (χ0v) is 59.6. The second-order valence-electron chi connectivity index (χ2n) is 27.3. The van der Waals surface area contributed by atoms with Crippen LogP contribution >= 0.6 is 0 Å². The monoisotopic (exact) mass is 1250 g/mol. The summed E-state index contributed by atoms with van der Waals surface area (Å²) in [6.45, 7) is 4.68. The molecule has 0 N–H and O–H groups in total. The van der Waals surface area contributed by atoms with Gasteiger partial charge in [0.15, 0.2) is 12.4 Å². The Balaban J connectivity index is 3.93. The average Bonchev–Trinajstić information content (AvgIpc) is 3.64. The lowest BCUT2D eigenvalue weighted by atomic mass is 10.0. The lowest BCUT2D eigenvalue weighted by Crippen LogP contribution is -2.44. The molecule has 0 aliphatic carbocycles. The third-order valence-corrected chi connectivity index (χ3v) is 17.2. The first kappa shape index (κ1) is 86.0. The fourth-order valence-corrected chi connectivity index (χ4v) is 11.4. The Morgan fingerprint density at radius 1 is 0.348 bits per heavy atom. The number of likely N-dealkylation sites (N-methyl/N-ethyl adjacent to an activating group) is 1. The van der Waals surface area contributed by atoms with Crippen molar-refractivity contribution in [2.24, 2.45) is 0 Å². The van der Waals surface area contributed by atoms with E-state index in [2.05, 4.69) is 74.6 Å². The summed E-state index contributed by atoms with van der Waals surface area (Å²) in [5, 5.41) is 11.8. The molecule has 0 aliphatic rings. The molecule has 0 rings (SSSR count). The molecule has 0 saturated heterocycles. The van der Waals surface area contributed by atoms with Crippen LogP contribution in [0.2, 0.25) is 0 Å². The molecular formula is C80H147NO8. The Kier molecular flexibility index (Phi) is 68.5. The van der Waals surface area contributed by atoms with Crippen LogP contribution in [0.5, 0.6) is 0 Å². The number of allylic oxidation sites excluding steroid dienone is 10. The number of carbonyl (C=O) groups is 3. The van der Waals surface area contributed by atoms with Crippen molar-refractivity contribution >= 4 is 17.9 Å². The molecule has 9 heteroatoms. The zero-order chi connectivity index (χ0) is 64.7. The molecule has 0 heterocycles. The van der Waals surface area contributed by atoms with Gasteiger partial charge < -0.3 is 33.3 Å². The Hall–Kier alpha value is -3.01. The maximum atomic E-state index is 12.9. The lowest BCUT2D eigenvalue weighted by molar-refractivity contribution is -0.870. The number of carboxylic acids is 1. The van der Waals surface area contributed by atoms with Crippen LogP contribution in [0.25, 0.3) is 0 Å². The second-order valence-corrected chi connectivity index (χ2v) is 27.3. The highest BCUT2D eigenvalue weighted by atomic mass is 16.7. The number of rotatable bonds is 72. The molecule has 0 bridgehead atoms. The molecule has 0 amide bonds. The van der Waals surface area contributed by atoms with Gasteiger partial charge in [0.1, 0.15) is 13.2 Å². The third kappa shape index (κ3) is 72.3. The molecule has 2 atom stereocenters. The predicted molar refractivity (Wildman–Crippen MR) is 380 cm³/mol. The maximum Gasteiger partial charge on any atom is 0.306 e. The van der Waals surface area contributed by atoms with Crippen LogP contribution in [0.1, 0.15) is 373 Å². The molecule has 0 aromatic carbocycles. The normalized spacial score (nSPS) is 13.0. The summed E-state index contributed by atoms with van der Waals surface area (Å²) in [5.74, 6) is -2.27. The SMILES string of the molecule is CC/C=C\C/C=C\C/C=C\C/C=C\CCCCCCCCCCCCC(=O)OC(COC(=O)CCCCCCCCCCCCCCCCCCCCCCCCCCCCCCC/C=C\CCCCCCCCCC)COC(OCC[N+](C)(C)C)C(=O)[O-]. The summed E-state index contributed by atoms with van der Waals surface area (Å²) in [6, 6.07) is 0. The highest BCUT2D eigenvalue weighted by Gasteiger charge is 2.22. The molecular weight excluding hydrogens is 1100 g/mol. The summed E-state index contributed by atoms with van der Waals surface area (Å²) in [4.78, 5) is 37.5. The first-order valence-electron chi connectivity index (χ1n) is 38.4. The molecule has 520 valence electrons. The molecule has 0 fully saturated rings. The number of carboxylic acid groups (broad SMARTS) is 1. The lowest BCUT2D eigenvalue weighted by Gasteiger charge is -2.26. The van der Waals surface area contributed by atoms with E-state index in [4.69, 9.17) is 18.9 Å². The minimum atomic E-state index is -1.62. The van der Waals surface area contributed by atoms with Gasteiger partial charge in [-0.25, -0.2) is 0 Å². The van der Waals surface area contributed by atoms with E-state index < -0.39 is 24.3 Å². The topological polar surface area (TPSA) is 111 Å². The Labute approximate surface area is 552 Å². The van der Waals surface area contributed by atoms with E-state index in [-0.39, 0.29) is 32.2 Å². The zero-order valence-electron chi connectivity index (χ0n) is 59.6. The van der Waals surface area contributed by atoms with E-state index in [0.29, 0.717) is 23.9 Å². The number of hydrogen-bond acceptors (Lipinski definition) is 8. The number of aliphatic carboxylic acids is 1. The first-order chi connectivity index (χ1) is 43.6. The van der Waals surface area contributed by atoms with Crippen molar-refractivity contribution in [2.45, 2.75) is 386 Å². The molecule has 2 unspecified atom stereocenters. The highest BCUT2D eigenvalue weighted by Crippen LogP contribution is 2.19. The van der Waals surface area contributed by atoms with Gasteiger partial charge in [0, 0.05) is 12.8 Å². The van der Waals surface area contributed by atoms with Gasteiger partial charge >= 0.3 is 11.9 Å². The summed E-state index contributed by atoms with van der Waals surface area (Å²) in [6.07, 6.45) is 90.6. The smallest absolute Gasteiger partial charge is 0.306 e. The fourth-order valence-electron chi connectivity index (χ4n) is 11.4. The first-order valence-corrected chi connectivity index (χ1v) is 38.4. The van der Waals surface area contributed by atoms with E-state index in [9.17, 15) is 19.5 Å². The standard InChI is InChI=1S/C80H147NO8/c1-6-8-10-12-14-16-18-20-22-24-26-28-30-31-32-33-34-35-36-37-38-39-40-41-42-43-44-45-46-47-49-50-52-54-56-58-60-62-64-66-68-70-77(82)87-74-76(75-88-80(79(84)85)86-73-72-81(3,4)5)89-78(83)71-69-67-65-63-61-59-57-55-53-51-48-29-27-25-23-21-19-17-15-13-11-9-7-2/h9,11,15,17,21,23-24,26-27,29,76,80H,6-8,10,12-14,16,18-20,22,25,28,30-75H2,1-5H3/b11-9-,17-15-,23-21-,26-24-,29-27-. The minimum Gasteiger partial charge on any atom is -0.545 e. The van der Waals surface area contributed by atoms with Gasteiger partial charge in [-0.3, -0.25) is 9.59 Å². The van der Waals surface area contributed by atoms with Crippen LogP contribution in [0.15, 0.2) is 60.8 Å². The highest BCUT2D eigenvalue weighted by molar-refractivity contribution is 5.70. The third-order valence-electron chi connectivity index (χ3n) is 17.2.